The number of hydrogen-bond acceptors (Lipinski definition) is 5. The van der Waals surface area contributed by atoms with E-state index >= 15 is 0 Å². The standard InChI is InChI=1S/C21H27N5O4/c1-15(27)23-21(16-7-5-4-6-8-16)9-11-26(12-10-21)14-18(28)22-17-13-19(29)25(3)20(30)24(17)2/h4-8,13H,9-12,14H2,1-3H3,(H,22,28)(H,23,27). The van der Waals surface area contributed by atoms with Gasteiger partial charge in [-0.05, 0) is 18.4 Å². The molecule has 0 atom stereocenters. The van der Waals surface area contributed by atoms with Gasteiger partial charge in [0, 0.05) is 40.2 Å². The Morgan fingerprint density at radius 2 is 1.67 bits per heavy atom. The average Bonchev–Trinajstić information content (AvgIpc) is 2.72. The predicted molar refractivity (Wildman–Crippen MR) is 113 cm³/mol. The maximum atomic E-state index is 12.5. The lowest BCUT2D eigenvalue weighted by atomic mass is 9.80. The van der Waals surface area contributed by atoms with Crippen LogP contribution in [0.1, 0.15) is 25.3 Å². The number of nitrogens with one attached hydrogen (secondary N) is 2. The highest BCUT2D eigenvalue weighted by molar-refractivity contribution is 5.91. The third-order valence-electron chi connectivity index (χ3n) is 5.61. The molecule has 160 valence electrons. The van der Waals surface area contributed by atoms with Crippen molar-refractivity contribution in [3.05, 3.63) is 62.8 Å². The SMILES string of the molecule is CC(=O)NC1(c2ccccc2)CCN(CC(=O)Nc2cc(=O)n(C)c(=O)n2C)CC1. The van der Waals surface area contributed by atoms with Crippen molar-refractivity contribution in [3.63, 3.8) is 0 Å². The molecule has 9 heteroatoms. The fourth-order valence-corrected chi connectivity index (χ4v) is 3.91. The highest BCUT2D eigenvalue weighted by atomic mass is 16.2. The molecule has 0 spiro atoms. The molecule has 1 fully saturated rings. The Kier molecular flexibility index (Phi) is 6.21. The van der Waals surface area contributed by atoms with E-state index in [0.717, 1.165) is 10.1 Å². The number of anilines is 1. The molecule has 1 aromatic heterocycles. The van der Waals surface area contributed by atoms with Crippen molar-refractivity contribution in [2.75, 3.05) is 25.0 Å². The van der Waals surface area contributed by atoms with Crippen LogP contribution in [-0.2, 0) is 29.2 Å². The van der Waals surface area contributed by atoms with Crippen molar-refractivity contribution < 1.29 is 9.59 Å². The largest absolute Gasteiger partial charge is 0.347 e. The van der Waals surface area contributed by atoms with Gasteiger partial charge in [-0.15, -0.1) is 0 Å². The monoisotopic (exact) mass is 413 g/mol. The Morgan fingerprint density at radius 1 is 1.03 bits per heavy atom. The number of likely N-dealkylation sites (tertiary alicyclic amines) is 1. The molecule has 0 unspecified atom stereocenters. The number of benzene rings is 1. The van der Waals surface area contributed by atoms with Crippen LogP contribution in [0.2, 0.25) is 0 Å². The summed E-state index contributed by atoms with van der Waals surface area (Å²) >= 11 is 0. The Labute approximate surface area is 174 Å². The van der Waals surface area contributed by atoms with E-state index in [1.165, 1.54) is 31.7 Å². The second kappa shape index (κ2) is 8.66. The number of hydrogen-bond donors (Lipinski definition) is 2. The molecule has 0 bridgehead atoms. The summed E-state index contributed by atoms with van der Waals surface area (Å²) < 4.78 is 2.21. The molecule has 1 aliphatic heterocycles. The lowest BCUT2D eigenvalue weighted by Crippen LogP contribution is -2.53. The number of rotatable bonds is 5. The zero-order chi connectivity index (χ0) is 21.9. The lowest BCUT2D eigenvalue weighted by Gasteiger charge is -2.42. The minimum atomic E-state index is -0.501. The molecular weight excluding hydrogens is 386 g/mol. The molecule has 0 saturated carbocycles. The van der Waals surface area contributed by atoms with Crippen molar-refractivity contribution in [1.82, 2.24) is 19.4 Å². The third-order valence-corrected chi connectivity index (χ3v) is 5.61. The molecule has 1 saturated heterocycles. The van der Waals surface area contributed by atoms with Crippen LogP contribution in [0.15, 0.2) is 46.0 Å². The van der Waals surface area contributed by atoms with Gasteiger partial charge in [0.25, 0.3) is 5.56 Å². The smallest absolute Gasteiger partial charge is 0.332 e. The fourth-order valence-electron chi connectivity index (χ4n) is 3.91. The molecule has 1 aliphatic rings. The van der Waals surface area contributed by atoms with Crippen LogP contribution < -0.4 is 21.9 Å². The summed E-state index contributed by atoms with van der Waals surface area (Å²) in [5, 5.41) is 5.76. The Balaban J connectivity index is 1.66. The third kappa shape index (κ3) is 4.51. The molecule has 3 rings (SSSR count). The molecular formula is C21H27N5O4. The quantitative estimate of drug-likeness (QED) is 0.726. The van der Waals surface area contributed by atoms with Crippen LogP contribution in [0.5, 0.6) is 0 Å². The molecule has 2 amide bonds. The van der Waals surface area contributed by atoms with E-state index in [1.54, 1.807) is 0 Å². The molecule has 0 aliphatic carbocycles. The van der Waals surface area contributed by atoms with E-state index in [1.807, 2.05) is 35.2 Å². The van der Waals surface area contributed by atoms with Crippen LogP contribution in [-0.4, -0.2) is 45.5 Å². The minimum absolute atomic E-state index is 0.0865. The van der Waals surface area contributed by atoms with Gasteiger partial charge in [0.2, 0.25) is 11.8 Å². The van der Waals surface area contributed by atoms with Crippen molar-refractivity contribution >= 4 is 17.6 Å². The lowest BCUT2D eigenvalue weighted by molar-refractivity contribution is -0.122. The average molecular weight is 413 g/mol. The van der Waals surface area contributed by atoms with E-state index in [-0.39, 0.29) is 24.2 Å². The molecule has 2 N–H and O–H groups in total. The van der Waals surface area contributed by atoms with Gasteiger partial charge in [0.05, 0.1) is 12.1 Å². The first-order valence-corrected chi connectivity index (χ1v) is 9.85. The minimum Gasteiger partial charge on any atom is -0.347 e. The van der Waals surface area contributed by atoms with E-state index in [2.05, 4.69) is 10.6 Å². The second-order valence-electron chi connectivity index (χ2n) is 7.72. The predicted octanol–water partition coefficient (Wildman–Crippen LogP) is 0.150. The molecule has 30 heavy (non-hydrogen) atoms. The summed E-state index contributed by atoms with van der Waals surface area (Å²) in [6.45, 7) is 2.89. The summed E-state index contributed by atoms with van der Waals surface area (Å²) in [5.41, 5.74) is -0.372. The molecule has 0 radical (unpaired) electrons. The van der Waals surface area contributed by atoms with E-state index in [0.29, 0.717) is 25.9 Å². The van der Waals surface area contributed by atoms with Gasteiger partial charge in [-0.2, -0.15) is 0 Å². The maximum absolute atomic E-state index is 12.5. The molecule has 2 aromatic rings. The second-order valence-corrected chi connectivity index (χ2v) is 7.72. The Bertz CT molecular complexity index is 1050. The number of carbonyl (C=O) groups is 2. The maximum Gasteiger partial charge on any atom is 0.332 e. The number of carbonyl (C=O) groups excluding carboxylic acids is 2. The van der Waals surface area contributed by atoms with Crippen molar-refractivity contribution in [2.24, 2.45) is 14.1 Å². The topological polar surface area (TPSA) is 105 Å². The van der Waals surface area contributed by atoms with Gasteiger partial charge in [0.15, 0.2) is 0 Å². The fraction of sp³-hybridized carbons (Fsp3) is 0.429. The number of amides is 2. The zero-order valence-corrected chi connectivity index (χ0v) is 17.5. The van der Waals surface area contributed by atoms with Gasteiger partial charge in [0.1, 0.15) is 5.82 Å². The summed E-state index contributed by atoms with van der Waals surface area (Å²) in [7, 11) is 2.89. The summed E-state index contributed by atoms with van der Waals surface area (Å²) in [6.07, 6.45) is 1.35. The van der Waals surface area contributed by atoms with E-state index in [9.17, 15) is 19.2 Å². The summed E-state index contributed by atoms with van der Waals surface area (Å²) in [5.74, 6) is -0.219. The van der Waals surface area contributed by atoms with Crippen molar-refractivity contribution in [2.45, 2.75) is 25.3 Å². The van der Waals surface area contributed by atoms with Crippen LogP contribution in [0.4, 0.5) is 5.82 Å². The van der Waals surface area contributed by atoms with Crippen LogP contribution in [0, 0.1) is 0 Å². The molecule has 2 heterocycles. The number of nitrogens with zero attached hydrogens (tertiary/aromatic N) is 3. The highest BCUT2D eigenvalue weighted by Crippen LogP contribution is 2.32. The molecule has 9 nitrogen and oxygen atoms in total. The van der Waals surface area contributed by atoms with E-state index < -0.39 is 16.8 Å². The van der Waals surface area contributed by atoms with Crippen molar-refractivity contribution in [3.8, 4) is 0 Å². The van der Waals surface area contributed by atoms with Gasteiger partial charge in [-0.1, -0.05) is 30.3 Å². The first-order chi connectivity index (χ1) is 14.2. The Hall–Kier alpha value is -3.20. The Morgan fingerprint density at radius 3 is 2.27 bits per heavy atom. The first-order valence-electron chi connectivity index (χ1n) is 9.85. The number of piperidine rings is 1. The van der Waals surface area contributed by atoms with Gasteiger partial charge in [-0.3, -0.25) is 28.4 Å². The van der Waals surface area contributed by atoms with E-state index in [4.69, 9.17) is 0 Å². The summed E-state index contributed by atoms with van der Waals surface area (Å²) in [6, 6.07) is 11.1. The number of aromatic nitrogens is 2. The molecule has 1 aromatic carbocycles. The summed E-state index contributed by atoms with van der Waals surface area (Å²) in [4.78, 5) is 50.2. The highest BCUT2D eigenvalue weighted by Gasteiger charge is 2.37. The van der Waals surface area contributed by atoms with Crippen LogP contribution in [0.3, 0.4) is 0 Å². The van der Waals surface area contributed by atoms with Crippen LogP contribution >= 0.6 is 0 Å². The van der Waals surface area contributed by atoms with Gasteiger partial charge < -0.3 is 10.6 Å². The zero-order valence-electron chi connectivity index (χ0n) is 17.5. The first kappa shape index (κ1) is 21.5. The van der Waals surface area contributed by atoms with Gasteiger partial charge in [-0.25, -0.2) is 4.79 Å². The normalized spacial score (nSPS) is 16.1. The van der Waals surface area contributed by atoms with Gasteiger partial charge >= 0.3 is 5.69 Å². The van der Waals surface area contributed by atoms with Crippen LogP contribution in [0.25, 0.3) is 0 Å². The van der Waals surface area contributed by atoms with Crippen molar-refractivity contribution in [1.29, 1.82) is 0 Å².